The van der Waals surface area contributed by atoms with Gasteiger partial charge >= 0.3 is 0 Å². The van der Waals surface area contributed by atoms with Gasteiger partial charge in [-0.2, -0.15) is 0 Å². The lowest BCUT2D eigenvalue weighted by Crippen LogP contribution is -2.21. The summed E-state index contributed by atoms with van der Waals surface area (Å²) in [6, 6.07) is 0. The zero-order chi connectivity index (χ0) is 19.2. The lowest BCUT2D eigenvalue weighted by molar-refractivity contribution is 0.0331. The highest BCUT2D eigenvalue weighted by atomic mass is 16.5. The highest BCUT2D eigenvalue weighted by Crippen LogP contribution is 2.33. The molecule has 0 bridgehead atoms. The maximum Gasteiger partial charge on any atom is 0.0651 e. The van der Waals surface area contributed by atoms with E-state index in [2.05, 4.69) is 26.0 Å². The van der Waals surface area contributed by atoms with Gasteiger partial charge in [0.25, 0.3) is 0 Å². The lowest BCUT2D eigenvalue weighted by Gasteiger charge is -2.28. The zero-order valence-electron chi connectivity index (χ0n) is 18.6. The summed E-state index contributed by atoms with van der Waals surface area (Å²) in [6.07, 6.45) is 29.4. The minimum atomic E-state index is 0.538. The van der Waals surface area contributed by atoms with Crippen molar-refractivity contribution in [1.82, 2.24) is 0 Å². The normalized spacial score (nSPS) is 29.4. The first-order chi connectivity index (χ1) is 13.3. The summed E-state index contributed by atoms with van der Waals surface area (Å²) in [5.74, 6) is 2.84. The van der Waals surface area contributed by atoms with Gasteiger partial charge < -0.3 is 4.74 Å². The molecule has 2 aliphatic rings. The highest BCUT2D eigenvalue weighted by Gasteiger charge is 2.21. The van der Waals surface area contributed by atoms with Crippen molar-refractivity contribution in [3.63, 3.8) is 0 Å². The van der Waals surface area contributed by atoms with Crippen molar-refractivity contribution in [1.29, 1.82) is 0 Å². The van der Waals surface area contributed by atoms with E-state index in [0.717, 1.165) is 24.4 Å². The van der Waals surface area contributed by atoms with Crippen LogP contribution in [0.5, 0.6) is 0 Å². The average molecular weight is 377 g/mol. The molecule has 0 aliphatic heterocycles. The molecule has 0 N–H and O–H groups in total. The van der Waals surface area contributed by atoms with Crippen molar-refractivity contribution in [3.05, 3.63) is 12.2 Å². The molecule has 0 aromatic carbocycles. The predicted molar refractivity (Wildman–Crippen MR) is 119 cm³/mol. The minimum Gasteiger partial charge on any atom is -0.374 e. The van der Waals surface area contributed by atoms with E-state index in [1.807, 2.05) is 0 Å². The van der Waals surface area contributed by atoms with Gasteiger partial charge in [0, 0.05) is 0 Å². The maximum atomic E-state index is 6.16. The quantitative estimate of drug-likeness (QED) is 0.231. The Morgan fingerprint density at radius 2 is 1.22 bits per heavy atom. The minimum absolute atomic E-state index is 0.538. The Morgan fingerprint density at radius 3 is 1.85 bits per heavy atom. The molecule has 0 spiro atoms. The van der Waals surface area contributed by atoms with Gasteiger partial charge in [0.2, 0.25) is 0 Å². The molecular weight excluding hydrogens is 328 g/mol. The molecule has 2 fully saturated rings. The second-order valence-corrected chi connectivity index (χ2v) is 9.53. The van der Waals surface area contributed by atoms with E-state index in [-0.39, 0.29) is 0 Å². The molecule has 1 nitrogen and oxygen atoms in total. The summed E-state index contributed by atoms with van der Waals surface area (Å²) in [4.78, 5) is 0. The monoisotopic (exact) mass is 376 g/mol. The molecule has 0 atom stereocenters. The van der Waals surface area contributed by atoms with Crippen molar-refractivity contribution in [3.8, 4) is 0 Å². The molecule has 2 rings (SSSR count). The second kappa shape index (κ2) is 14.7. The predicted octanol–water partition coefficient (Wildman–Crippen LogP) is 8.48. The van der Waals surface area contributed by atoms with Crippen LogP contribution in [-0.4, -0.2) is 12.7 Å². The van der Waals surface area contributed by atoms with Crippen LogP contribution < -0.4 is 0 Å². The Labute approximate surface area is 170 Å². The van der Waals surface area contributed by atoms with E-state index in [9.17, 15) is 0 Å². The molecule has 2 saturated carbocycles. The van der Waals surface area contributed by atoms with E-state index >= 15 is 0 Å². The van der Waals surface area contributed by atoms with Crippen molar-refractivity contribution >= 4 is 0 Å². The van der Waals surface area contributed by atoms with E-state index in [4.69, 9.17) is 4.74 Å². The fraction of sp³-hybridized carbons (Fsp3) is 0.923. The molecule has 158 valence electrons. The van der Waals surface area contributed by atoms with Gasteiger partial charge in [-0.1, -0.05) is 83.8 Å². The Hall–Kier alpha value is -0.300. The summed E-state index contributed by atoms with van der Waals surface area (Å²) in [6.45, 7) is 5.46. The molecule has 0 heterocycles. The third-order valence-corrected chi connectivity index (χ3v) is 7.20. The first kappa shape index (κ1) is 23.0. The largest absolute Gasteiger partial charge is 0.374 e. The Bertz CT molecular complexity index is 358. The molecule has 0 radical (unpaired) electrons. The van der Waals surface area contributed by atoms with Gasteiger partial charge in [0.15, 0.2) is 0 Å². The third kappa shape index (κ3) is 10.2. The number of allylic oxidation sites excluding steroid dienone is 1. The molecule has 0 aromatic heterocycles. The van der Waals surface area contributed by atoms with Crippen LogP contribution in [0.15, 0.2) is 12.2 Å². The summed E-state index contributed by atoms with van der Waals surface area (Å²) in [5, 5.41) is 0. The molecule has 2 aliphatic carbocycles. The summed E-state index contributed by atoms with van der Waals surface area (Å²) in [5.41, 5.74) is 0. The van der Waals surface area contributed by atoms with Gasteiger partial charge in [-0.05, 0) is 69.1 Å². The SMILES string of the molecule is CCCCCCC1CCC(/C=C/COC2CCC(CCCCC)CC2)CC1. The van der Waals surface area contributed by atoms with E-state index in [1.54, 1.807) is 0 Å². The van der Waals surface area contributed by atoms with Crippen LogP contribution in [0, 0.1) is 17.8 Å². The van der Waals surface area contributed by atoms with Crippen LogP contribution in [0.2, 0.25) is 0 Å². The highest BCUT2D eigenvalue weighted by molar-refractivity contribution is 4.91. The molecule has 0 unspecified atom stereocenters. The van der Waals surface area contributed by atoms with Crippen LogP contribution in [0.4, 0.5) is 0 Å². The van der Waals surface area contributed by atoms with Gasteiger partial charge in [0.05, 0.1) is 12.7 Å². The van der Waals surface area contributed by atoms with Crippen molar-refractivity contribution in [2.45, 2.75) is 129 Å². The summed E-state index contributed by atoms with van der Waals surface area (Å²) >= 11 is 0. The zero-order valence-corrected chi connectivity index (χ0v) is 18.6. The Kier molecular flexibility index (Phi) is 12.5. The van der Waals surface area contributed by atoms with Crippen LogP contribution in [0.3, 0.4) is 0 Å². The number of unbranched alkanes of at least 4 members (excludes halogenated alkanes) is 5. The number of rotatable bonds is 13. The van der Waals surface area contributed by atoms with Gasteiger partial charge in [-0.25, -0.2) is 0 Å². The van der Waals surface area contributed by atoms with E-state index < -0.39 is 0 Å². The van der Waals surface area contributed by atoms with Gasteiger partial charge in [-0.3, -0.25) is 0 Å². The van der Waals surface area contributed by atoms with Crippen LogP contribution in [-0.2, 0) is 4.74 Å². The van der Waals surface area contributed by atoms with Crippen LogP contribution in [0.1, 0.15) is 123 Å². The number of ether oxygens (including phenoxy) is 1. The molecular formula is C26H48O. The Morgan fingerprint density at radius 1 is 0.667 bits per heavy atom. The first-order valence-electron chi connectivity index (χ1n) is 12.6. The van der Waals surface area contributed by atoms with Crippen LogP contribution in [0.25, 0.3) is 0 Å². The molecule has 27 heavy (non-hydrogen) atoms. The molecule has 0 amide bonds. The van der Waals surface area contributed by atoms with E-state index in [0.29, 0.717) is 6.10 Å². The Balaban J connectivity index is 1.47. The summed E-state index contributed by atoms with van der Waals surface area (Å²) < 4.78 is 6.16. The second-order valence-electron chi connectivity index (χ2n) is 9.53. The van der Waals surface area contributed by atoms with Crippen molar-refractivity contribution < 1.29 is 4.74 Å². The molecule has 1 heteroatoms. The lowest BCUT2D eigenvalue weighted by atomic mass is 9.79. The maximum absolute atomic E-state index is 6.16. The van der Waals surface area contributed by atoms with Gasteiger partial charge in [-0.15, -0.1) is 0 Å². The average Bonchev–Trinajstić information content (AvgIpc) is 2.71. The number of hydrogen-bond donors (Lipinski definition) is 0. The fourth-order valence-corrected chi connectivity index (χ4v) is 5.24. The summed E-state index contributed by atoms with van der Waals surface area (Å²) in [7, 11) is 0. The molecule has 0 aromatic rings. The van der Waals surface area contributed by atoms with Crippen LogP contribution >= 0.6 is 0 Å². The van der Waals surface area contributed by atoms with Gasteiger partial charge in [0.1, 0.15) is 0 Å². The van der Waals surface area contributed by atoms with Crippen molar-refractivity contribution in [2.24, 2.45) is 17.8 Å². The molecule has 0 saturated heterocycles. The third-order valence-electron chi connectivity index (χ3n) is 7.20. The number of hydrogen-bond acceptors (Lipinski definition) is 1. The topological polar surface area (TPSA) is 9.23 Å². The first-order valence-corrected chi connectivity index (χ1v) is 12.6. The van der Waals surface area contributed by atoms with E-state index in [1.165, 1.54) is 109 Å². The standard InChI is InChI=1S/C26H48O/c1-3-5-7-9-12-23-14-16-25(17-15-23)13-10-22-27-26-20-18-24(19-21-26)11-8-6-4-2/h10,13,23-26H,3-9,11-12,14-22H2,1-2H3/b13-10+. The van der Waals surface area contributed by atoms with Crippen molar-refractivity contribution in [2.75, 3.05) is 6.61 Å². The fourth-order valence-electron chi connectivity index (χ4n) is 5.24. The smallest absolute Gasteiger partial charge is 0.0651 e.